The number of nitrogens with one attached hydrogen (secondary N) is 1. The highest BCUT2D eigenvalue weighted by Crippen LogP contribution is 2.25. The Morgan fingerprint density at radius 3 is 2.90 bits per heavy atom. The Bertz CT molecular complexity index is 526. The van der Waals surface area contributed by atoms with Crippen LogP contribution >= 0.6 is 0 Å². The first kappa shape index (κ1) is 15.5. The summed E-state index contributed by atoms with van der Waals surface area (Å²) in [6.07, 6.45) is 6.06. The fourth-order valence-electron chi connectivity index (χ4n) is 2.49. The lowest BCUT2D eigenvalue weighted by Gasteiger charge is -2.19. The van der Waals surface area contributed by atoms with E-state index in [-0.39, 0.29) is 6.04 Å². The predicted molar refractivity (Wildman–Crippen MR) is 78.0 cm³/mol. The number of nitrogens with zero attached hydrogens (tertiary/aromatic N) is 3. The second-order valence-corrected chi connectivity index (χ2v) is 7.19. The van der Waals surface area contributed by atoms with Crippen LogP contribution in [0.3, 0.4) is 0 Å². The van der Waals surface area contributed by atoms with Gasteiger partial charge in [-0.1, -0.05) is 6.92 Å². The van der Waals surface area contributed by atoms with E-state index >= 15 is 0 Å². The van der Waals surface area contributed by atoms with Gasteiger partial charge in [0.2, 0.25) is 10.0 Å². The summed E-state index contributed by atoms with van der Waals surface area (Å²) < 4.78 is 28.3. The van der Waals surface area contributed by atoms with E-state index in [1.807, 2.05) is 6.92 Å². The molecule has 0 amide bonds. The third-order valence-corrected chi connectivity index (χ3v) is 5.62. The molecule has 0 radical (unpaired) electrons. The average Bonchev–Trinajstić information content (AvgIpc) is 3.04. The molecule has 0 spiro atoms. The van der Waals surface area contributed by atoms with Gasteiger partial charge in [-0.05, 0) is 32.7 Å². The lowest BCUT2D eigenvalue weighted by atomic mass is 10.3. The smallest absolute Gasteiger partial charge is 0.246 e. The maximum Gasteiger partial charge on any atom is 0.246 e. The molecule has 2 rings (SSSR count). The monoisotopic (exact) mass is 300 g/mol. The molecule has 0 aromatic carbocycles. The maximum absolute atomic E-state index is 12.5. The lowest BCUT2D eigenvalue weighted by Crippen LogP contribution is -2.33. The molecular weight excluding hydrogens is 276 g/mol. The molecule has 1 fully saturated rings. The average molecular weight is 300 g/mol. The van der Waals surface area contributed by atoms with Crippen LogP contribution in [-0.4, -0.2) is 48.2 Å². The van der Waals surface area contributed by atoms with Crippen LogP contribution < -0.4 is 5.32 Å². The minimum atomic E-state index is -3.37. The number of sulfonamides is 1. The minimum absolute atomic E-state index is 0.0922. The van der Waals surface area contributed by atoms with Gasteiger partial charge in [0.1, 0.15) is 4.90 Å². The van der Waals surface area contributed by atoms with Gasteiger partial charge in [-0.25, -0.2) is 8.42 Å². The summed E-state index contributed by atoms with van der Waals surface area (Å²) in [4.78, 5) is 0.307. The van der Waals surface area contributed by atoms with Crippen molar-refractivity contribution < 1.29 is 8.42 Å². The molecule has 20 heavy (non-hydrogen) atoms. The van der Waals surface area contributed by atoms with Gasteiger partial charge in [0.25, 0.3) is 0 Å². The van der Waals surface area contributed by atoms with Crippen molar-refractivity contribution in [1.82, 2.24) is 19.4 Å². The molecular formula is C13H24N4O2S. The van der Waals surface area contributed by atoms with Crippen molar-refractivity contribution in [1.29, 1.82) is 0 Å². The van der Waals surface area contributed by atoms with Gasteiger partial charge < -0.3 is 5.32 Å². The molecule has 1 aliphatic rings. The van der Waals surface area contributed by atoms with Crippen molar-refractivity contribution in [2.75, 3.05) is 19.6 Å². The lowest BCUT2D eigenvalue weighted by molar-refractivity contribution is 0.408. The number of rotatable bonds is 7. The quantitative estimate of drug-likeness (QED) is 0.765. The van der Waals surface area contributed by atoms with Gasteiger partial charge in [-0.3, -0.25) is 4.68 Å². The topological polar surface area (TPSA) is 67.2 Å². The normalized spacial score (nSPS) is 20.6. The Balaban J connectivity index is 2.00. The predicted octanol–water partition coefficient (Wildman–Crippen LogP) is 1.06. The van der Waals surface area contributed by atoms with E-state index in [0.29, 0.717) is 18.0 Å². The summed E-state index contributed by atoms with van der Waals surface area (Å²) in [6, 6.07) is 0.0922. The molecule has 2 heterocycles. The third-order valence-electron chi connectivity index (χ3n) is 3.65. The van der Waals surface area contributed by atoms with Crippen molar-refractivity contribution >= 4 is 10.0 Å². The van der Waals surface area contributed by atoms with E-state index in [9.17, 15) is 8.42 Å². The molecule has 0 saturated carbocycles. The third kappa shape index (κ3) is 3.39. The molecule has 1 aromatic rings. The Morgan fingerprint density at radius 2 is 2.25 bits per heavy atom. The van der Waals surface area contributed by atoms with Crippen LogP contribution in [0.1, 0.15) is 33.1 Å². The van der Waals surface area contributed by atoms with Gasteiger partial charge in [0, 0.05) is 25.3 Å². The van der Waals surface area contributed by atoms with E-state index in [2.05, 4.69) is 17.3 Å². The fraction of sp³-hybridized carbons (Fsp3) is 0.769. The zero-order valence-electron chi connectivity index (χ0n) is 12.2. The highest BCUT2D eigenvalue weighted by molar-refractivity contribution is 7.89. The van der Waals surface area contributed by atoms with Gasteiger partial charge in [-0.2, -0.15) is 9.40 Å². The molecule has 114 valence electrons. The summed E-state index contributed by atoms with van der Waals surface area (Å²) in [6.45, 7) is 7.15. The summed E-state index contributed by atoms with van der Waals surface area (Å²) in [7, 11) is -3.37. The standard InChI is InChI=1S/C13H24N4O2S/c1-3-6-14-7-9-16-11-13(10-15-16)20(18,19)17-8-4-5-12(17)2/h10-12,14H,3-9H2,1-2H3. The van der Waals surface area contributed by atoms with E-state index in [1.54, 1.807) is 15.2 Å². The largest absolute Gasteiger partial charge is 0.315 e. The minimum Gasteiger partial charge on any atom is -0.315 e. The second-order valence-electron chi connectivity index (χ2n) is 5.30. The van der Waals surface area contributed by atoms with Crippen LogP contribution in [0.2, 0.25) is 0 Å². The molecule has 1 saturated heterocycles. The second kappa shape index (κ2) is 6.69. The molecule has 1 unspecified atom stereocenters. The van der Waals surface area contributed by atoms with E-state index in [0.717, 1.165) is 32.4 Å². The number of hydrogen-bond donors (Lipinski definition) is 1. The first-order valence-electron chi connectivity index (χ1n) is 7.30. The molecule has 7 heteroatoms. The van der Waals surface area contributed by atoms with Crippen molar-refractivity contribution in [3.05, 3.63) is 12.4 Å². The van der Waals surface area contributed by atoms with E-state index in [1.165, 1.54) is 6.20 Å². The molecule has 1 aliphatic heterocycles. The first-order valence-corrected chi connectivity index (χ1v) is 8.74. The summed E-state index contributed by atoms with van der Waals surface area (Å²) in [5, 5.41) is 7.42. The fourth-order valence-corrected chi connectivity index (χ4v) is 4.15. The van der Waals surface area contributed by atoms with Gasteiger partial charge in [0.05, 0.1) is 12.7 Å². The van der Waals surface area contributed by atoms with E-state index < -0.39 is 10.0 Å². The molecule has 1 N–H and O–H groups in total. The Kier molecular flexibility index (Phi) is 5.17. The van der Waals surface area contributed by atoms with Crippen LogP contribution in [0.15, 0.2) is 17.3 Å². The molecule has 1 aromatic heterocycles. The van der Waals surface area contributed by atoms with Crippen LogP contribution in [0.25, 0.3) is 0 Å². The summed E-state index contributed by atoms with van der Waals surface area (Å²) in [5.74, 6) is 0. The van der Waals surface area contributed by atoms with Gasteiger partial charge in [-0.15, -0.1) is 0 Å². The number of aromatic nitrogens is 2. The molecule has 6 nitrogen and oxygen atoms in total. The van der Waals surface area contributed by atoms with Crippen molar-refractivity contribution in [2.24, 2.45) is 0 Å². The highest BCUT2D eigenvalue weighted by atomic mass is 32.2. The van der Waals surface area contributed by atoms with Crippen LogP contribution in [0, 0.1) is 0 Å². The Labute approximate surface area is 121 Å². The zero-order valence-corrected chi connectivity index (χ0v) is 13.1. The first-order chi connectivity index (χ1) is 9.55. The van der Waals surface area contributed by atoms with Crippen LogP contribution in [0.4, 0.5) is 0 Å². The van der Waals surface area contributed by atoms with Crippen molar-refractivity contribution in [3.8, 4) is 0 Å². The zero-order chi connectivity index (χ0) is 14.6. The molecule has 0 aliphatic carbocycles. The molecule has 1 atom stereocenters. The van der Waals surface area contributed by atoms with E-state index in [4.69, 9.17) is 0 Å². The van der Waals surface area contributed by atoms with Crippen molar-refractivity contribution in [2.45, 2.75) is 50.6 Å². The van der Waals surface area contributed by atoms with Crippen LogP contribution in [-0.2, 0) is 16.6 Å². The summed E-state index contributed by atoms with van der Waals surface area (Å²) in [5.41, 5.74) is 0. The summed E-state index contributed by atoms with van der Waals surface area (Å²) >= 11 is 0. The van der Waals surface area contributed by atoms with Gasteiger partial charge >= 0.3 is 0 Å². The maximum atomic E-state index is 12.5. The Hall–Kier alpha value is -0.920. The Morgan fingerprint density at radius 1 is 1.45 bits per heavy atom. The highest BCUT2D eigenvalue weighted by Gasteiger charge is 2.33. The van der Waals surface area contributed by atoms with Crippen molar-refractivity contribution in [3.63, 3.8) is 0 Å². The van der Waals surface area contributed by atoms with Crippen LogP contribution in [0.5, 0.6) is 0 Å². The molecule has 0 bridgehead atoms. The van der Waals surface area contributed by atoms with Gasteiger partial charge in [0.15, 0.2) is 0 Å². The SMILES string of the molecule is CCCNCCn1cc(S(=O)(=O)N2CCCC2C)cn1. The number of hydrogen-bond acceptors (Lipinski definition) is 4.